The molecule has 1 aromatic carbocycles. The van der Waals surface area contributed by atoms with E-state index in [2.05, 4.69) is 77.0 Å². The second-order valence-corrected chi connectivity index (χ2v) is 8.99. The van der Waals surface area contributed by atoms with Gasteiger partial charge < -0.3 is 20.7 Å². The van der Waals surface area contributed by atoms with Gasteiger partial charge in [0.15, 0.2) is 5.96 Å². The molecule has 1 aliphatic heterocycles. The van der Waals surface area contributed by atoms with Crippen molar-refractivity contribution in [3.05, 3.63) is 51.5 Å². The zero-order valence-electron chi connectivity index (χ0n) is 17.9. The second kappa shape index (κ2) is 10.2. The Morgan fingerprint density at radius 2 is 1.93 bits per heavy atom. The van der Waals surface area contributed by atoms with Crippen LogP contribution in [-0.4, -0.2) is 43.3 Å². The van der Waals surface area contributed by atoms with Crippen LogP contribution in [0.5, 0.6) is 0 Å². The number of rotatable bonds is 7. The van der Waals surface area contributed by atoms with Crippen molar-refractivity contribution in [1.29, 1.82) is 0 Å². The molecule has 6 nitrogen and oxygen atoms in total. The Morgan fingerprint density at radius 3 is 2.55 bits per heavy atom. The molecule has 3 rings (SSSR count). The SMILES string of the molecule is CN=C(NCc1nc(C)c(C)s1)NCC1(NC(C)c2ccccc2)CCOCC1. The van der Waals surface area contributed by atoms with Gasteiger partial charge in [0.2, 0.25) is 0 Å². The molecule has 0 saturated carbocycles. The Balaban J connectivity index is 1.60. The maximum Gasteiger partial charge on any atom is 0.191 e. The lowest BCUT2D eigenvalue weighted by molar-refractivity contribution is 0.0355. The molecular weight excluding hydrogens is 382 g/mol. The molecular formula is C22H33N5OS. The molecule has 2 heterocycles. The van der Waals surface area contributed by atoms with Crippen molar-refractivity contribution in [3.63, 3.8) is 0 Å². The lowest BCUT2D eigenvalue weighted by Gasteiger charge is -2.41. The Bertz CT molecular complexity index is 779. The third-order valence-corrected chi connectivity index (χ3v) is 6.64. The van der Waals surface area contributed by atoms with Crippen molar-refractivity contribution >= 4 is 17.3 Å². The van der Waals surface area contributed by atoms with E-state index in [-0.39, 0.29) is 11.6 Å². The Labute approximate surface area is 178 Å². The van der Waals surface area contributed by atoms with Crippen LogP contribution >= 0.6 is 11.3 Å². The fourth-order valence-corrected chi connectivity index (χ4v) is 4.54. The molecule has 29 heavy (non-hydrogen) atoms. The van der Waals surface area contributed by atoms with Crippen molar-refractivity contribution in [2.75, 3.05) is 26.8 Å². The van der Waals surface area contributed by atoms with Gasteiger partial charge in [-0.2, -0.15) is 0 Å². The number of aliphatic imine (C=N–C) groups is 1. The lowest BCUT2D eigenvalue weighted by Crippen LogP contribution is -2.58. The maximum absolute atomic E-state index is 5.64. The van der Waals surface area contributed by atoms with Crippen molar-refractivity contribution in [1.82, 2.24) is 20.9 Å². The average Bonchev–Trinajstić information content (AvgIpc) is 3.07. The van der Waals surface area contributed by atoms with E-state index in [1.165, 1.54) is 10.4 Å². The maximum atomic E-state index is 5.64. The summed E-state index contributed by atoms with van der Waals surface area (Å²) in [7, 11) is 1.81. The predicted octanol–water partition coefficient (Wildman–Crippen LogP) is 3.32. The zero-order valence-corrected chi connectivity index (χ0v) is 18.7. The molecule has 1 saturated heterocycles. The largest absolute Gasteiger partial charge is 0.381 e. The van der Waals surface area contributed by atoms with Crippen LogP contribution in [0.3, 0.4) is 0 Å². The second-order valence-electron chi connectivity index (χ2n) is 7.70. The molecule has 0 spiro atoms. The summed E-state index contributed by atoms with van der Waals surface area (Å²) < 4.78 is 5.64. The highest BCUT2D eigenvalue weighted by Gasteiger charge is 2.34. The Morgan fingerprint density at radius 1 is 1.21 bits per heavy atom. The van der Waals surface area contributed by atoms with Gasteiger partial charge in [-0.05, 0) is 39.2 Å². The molecule has 0 aliphatic carbocycles. The molecule has 0 amide bonds. The molecule has 7 heteroatoms. The fourth-order valence-electron chi connectivity index (χ4n) is 3.67. The Kier molecular flexibility index (Phi) is 7.64. The van der Waals surface area contributed by atoms with Crippen LogP contribution in [0.4, 0.5) is 0 Å². The Hall–Kier alpha value is -1.96. The third kappa shape index (κ3) is 6.01. The van der Waals surface area contributed by atoms with E-state index in [4.69, 9.17) is 4.74 Å². The van der Waals surface area contributed by atoms with E-state index in [1.807, 2.05) is 7.05 Å². The van der Waals surface area contributed by atoms with E-state index in [0.717, 1.165) is 49.3 Å². The number of aryl methyl sites for hydroxylation is 2. The van der Waals surface area contributed by atoms with Crippen molar-refractivity contribution < 1.29 is 4.74 Å². The summed E-state index contributed by atoms with van der Waals surface area (Å²) in [6.45, 7) is 9.42. The van der Waals surface area contributed by atoms with Crippen LogP contribution in [0.15, 0.2) is 35.3 Å². The van der Waals surface area contributed by atoms with Gasteiger partial charge in [0.25, 0.3) is 0 Å². The van der Waals surface area contributed by atoms with Gasteiger partial charge in [0.05, 0.1) is 12.2 Å². The normalized spacial score (nSPS) is 17.7. The first-order valence-electron chi connectivity index (χ1n) is 10.3. The van der Waals surface area contributed by atoms with Gasteiger partial charge in [0.1, 0.15) is 5.01 Å². The molecule has 1 atom stereocenters. The van der Waals surface area contributed by atoms with Gasteiger partial charge in [-0.25, -0.2) is 4.98 Å². The fraction of sp³-hybridized carbons (Fsp3) is 0.545. The first-order valence-corrected chi connectivity index (χ1v) is 11.1. The molecule has 158 valence electrons. The minimum Gasteiger partial charge on any atom is -0.381 e. The van der Waals surface area contributed by atoms with Crippen LogP contribution in [-0.2, 0) is 11.3 Å². The highest BCUT2D eigenvalue weighted by Crippen LogP contribution is 2.25. The van der Waals surface area contributed by atoms with Crippen LogP contribution in [0.25, 0.3) is 0 Å². The number of nitrogens with zero attached hydrogens (tertiary/aromatic N) is 2. The average molecular weight is 416 g/mol. The summed E-state index contributed by atoms with van der Waals surface area (Å²) in [6, 6.07) is 10.9. The minimum absolute atomic E-state index is 0.0283. The van der Waals surface area contributed by atoms with E-state index in [9.17, 15) is 0 Å². The van der Waals surface area contributed by atoms with E-state index < -0.39 is 0 Å². The van der Waals surface area contributed by atoms with Crippen LogP contribution in [0, 0.1) is 13.8 Å². The minimum atomic E-state index is -0.0283. The molecule has 0 bridgehead atoms. The molecule has 3 N–H and O–H groups in total. The zero-order chi connectivity index (χ0) is 20.7. The quantitative estimate of drug-likeness (QED) is 0.478. The highest BCUT2D eigenvalue weighted by molar-refractivity contribution is 7.11. The van der Waals surface area contributed by atoms with Crippen molar-refractivity contribution in [3.8, 4) is 0 Å². The topological polar surface area (TPSA) is 70.6 Å². The monoisotopic (exact) mass is 415 g/mol. The molecule has 0 radical (unpaired) electrons. The number of hydrogen-bond acceptors (Lipinski definition) is 5. The molecule has 2 aromatic rings. The van der Waals surface area contributed by atoms with Gasteiger partial charge in [-0.15, -0.1) is 11.3 Å². The molecule has 1 fully saturated rings. The van der Waals surface area contributed by atoms with Gasteiger partial charge in [0, 0.05) is 43.3 Å². The number of thiazole rings is 1. The van der Waals surface area contributed by atoms with E-state index in [0.29, 0.717) is 6.54 Å². The van der Waals surface area contributed by atoms with E-state index in [1.54, 1.807) is 11.3 Å². The van der Waals surface area contributed by atoms with Gasteiger partial charge >= 0.3 is 0 Å². The number of benzene rings is 1. The summed E-state index contributed by atoms with van der Waals surface area (Å²) in [6.07, 6.45) is 1.94. The lowest BCUT2D eigenvalue weighted by atomic mass is 9.88. The number of nitrogens with one attached hydrogen (secondary N) is 3. The highest BCUT2D eigenvalue weighted by atomic mass is 32.1. The summed E-state index contributed by atoms with van der Waals surface area (Å²) >= 11 is 1.73. The molecule has 1 unspecified atom stereocenters. The van der Waals surface area contributed by atoms with Crippen molar-refractivity contribution in [2.45, 2.75) is 51.7 Å². The van der Waals surface area contributed by atoms with Gasteiger partial charge in [-0.1, -0.05) is 30.3 Å². The molecule has 1 aromatic heterocycles. The standard InChI is InChI=1S/C22H33N5OS/c1-16-18(3)29-20(26-16)14-24-21(23-4)25-15-22(10-12-28-13-11-22)27-17(2)19-8-6-5-7-9-19/h5-9,17,27H,10-15H2,1-4H3,(H2,23,24,25). The molecule has 1 aliphatic rings. The first kappa shape index (κ1) is 21.7. The van der Waals surface area contributed by atoms with Gasteiger partial charge in [-0.3, -0.25) is 4.99 Å². The summed E-state index contributed by atoms with van der Waals surface area (Å²) in [4.78, 5) is 10.3. The van der Waals surface area contributed by atoms with Crippen molar-refractivity contribution in [2.24, 2.45) is 4.99 Å². The van der Waals surface area contributed by atoms with Crippen LogP contribution in [0.2, 0.25) is 0 Å². The number of ether oxygens (including phenoxy) is 1. The predicted molar refractivity (Wildman–Crippen MR) is 121 cm³/mol. The smallest absolute Gasteiger partial charge is 0.191 e. The summed E-state index contributed by atoms with van der Waals surface area (Å²) in [5.74, 6) is 0.801. The number of guanidine groups is 1. The first-order chi connectivity index (χ1) is 14.0. The number of aromatic nitrogens is 1. The third-order valence-electron chi connectivity index (χ3n) is 5.57. The summed E-state index contributed by atoms with van der Waals surface area (Å²) in [5, 5.41) is 11.9. The van der Waals surface area contributed by atoms with Crippen LogP contribution in [0.1, 0.15) is 46.9 Å². The van der Waals surface area contributed by atoms with E-state index >= 15 is 0 Å². The summed E-state index contributed by atoms with van der Waals surface area (Å²) in [5.41, 5.74) is 2.38. The number of hydrogen-bond donors (Lipinski definition) is 3. The van der Waals surface area contributed by atoms with Crippen LogP contribution < -0.4 is 16.0 Å².